The Labute approximate surface area is 223 Å². The molecule has 0 saturated carbocycles. The number of carboxylic acids is 1. The quantitative estimate of drug-likeness (QED) is 0.159. The number of nitrogens with zero attached hydrogens (tertiary/aromatic N) is 1. The van der Waals surface area contributed by atoms with Crippen LogP contribution >= 0.6 is 0 Å². The van der Waals surface area contributed by atoms with Gasteiger partial charge in [0, 0.05) is 38.4 Å². The SMILES string of the molecule is CN(C(=O)c1c(C=O)cccc1CCCCCCCCCNC(=O)CCCC(=O)O)C1CCC(=O)NC1=O. The molecular weight excluding hydrogens is 490 g/mol. The molecule has 1 saturated heterocycles. The van der Waals surface area contributed by atoms with E-state index < -0.39 is 23.8 Å². The van der Waals surface area contributed by atoms with Gasteiger partial charge in [0.05, 0.1) is 5.56 Å². The number of nitrogens with one attached hydrogen (secondary N) is 2. The summed E-state index contributed by atoms with van der Waals surface area (Å²) in [6.07, 6.45) is 9.19. The first-order valence-corrected chi connectivity index (χ1v) is 13.4. The summed E-state index contributed by atoms with van der Waals surface area (Å²) >= 11 is 0. The number of piperidine rings is 1. The first kappa shape index (κ1) is 30.7. The highest BCUT2D eigenvalue weighted by Crippen LogP contribution is 2.22. The maximum atomic E-state index is 13.3. The van der Waals surface area contributed by atoms with Crippen LogP contribution in [0.25, 0.3) is 0 Å². The standard InChI is InChI=1S/C28H39N3O7/c1-31(22-16-17-24(34)30-27(22)37)28(38)26-20(12-9-13-21(26)19-32)11-7-5-3-2-4-6-8-18-29-23(33)14-10-15-25(35)36/h9,12-13,19,22H,2-8,10-11,14-18H2,1H3,(H,29,33)(H,35,36)(H,30,34,37). The van der Waals surface area contributed by atoms with Crippen LogP contribution in [0.3, 0.4) is 0 Å². The molecule has 1 unspecified atom stereocenters. The second-order valence-corrected chi connectivity index (χ2v) is 9.70. The number of hydrogen-bond donors (Lipinski definition) is 3. The first-order chi connectivity index (χ1) is 18.2. The van der Waals surface area contributed by atoms with Gasteiger partial charge < -0.3 is 15.3 Å². The normalized spacial score (nSPS) is 15.0. The Morgan fingerprint density at radius 3 is 2.37 bits per heavy atom. The molecule has 0 radical (unpaired) electrons. The molecule has 1 aromatic rings. The van der Waals surface area contributed by atoms with Gasteiger partial charge in [0.25, 0.3) is 5.91 Å². The number of aryl methyl sites for hydroxylation is 1. The highest BCUT2D eigenvalue weighted by atomic mass is 16.4. The molecule has 4 amide bonds. The minimum Gasteiger partial charge on any atom is -0.481 e. The summed E-state index contributed by atoms with van der Waals surface area (Å²) in [5.41, 5.74) is 1.39. The average Bonchev–Trinajstić information content (AvgIpc) is 2.88. The fourth-order valence-corrected chi connectivity index (χ4v) is 4.60. The molecule has 10 nitrogen and oxygen atoms in total. The van der Waals surface area contributed by atoms with Gasteiger partial charge >= 0.3 is 5.97 Å². The molecule has 2 rings (SSSR count). The number of benzene rings is 1. The molecular formula is C28H39N3O7. The monoisotopic (exact) mass is 529 g/mol. The van der Waals surface area contributed by atoms with Gasteiger partial charge in [0.15, 0.2) is 6.29 Å². The van der Waals surface area contributed by atoms with Crippen molar-refractivity contribution < 1.29 is 33.9 Å². The summed E-state index contributed by atoms with van der Waals surface area (Å²) in [6, 6.07) is 4.44. The molecule has 3 N–H and O–H groups in total. The van der Waals surface area contributed by atoms with Crippen LogP contribution < -0.4 is 10.6 Å². The number of carbonyl (C=O) groups excluding carboxylic acids is 5. The van der Waals surface area contributed by atoms with Crippen LogP contribution in [0.2, 0.25) is 0 Å². The van der Waals surface area contributed by atoms with Crippen molar-refractivity contribution in [3.63, 3.8) is 0 Å². The van der Waals surface area contributed by atoms with Crippen molar-refractivity contribution >= 4 is 35.9 Å². The average molecular weight is 530 g/mol. The van der Waals surface area contributed by atoms with Crippen molar-refractivity contribution in [2.45, 2.75) is 89.5 Å². The second-order valence-electron chi connectivity index (χ2n) is 9.70. The van der Waals surface area contributed by atoms with Crippen LogP contribution in [0, 0.1) is 0 Å². The Morgan fingerprint density at radius 1 is 1.03 bits per heavy atom. The van der Waals surface area contributed by atoms with E-state index in [9.17, 15) is 28.8 Å². The van der Waals surface area contributed by atoms with Crippen molar-refractivity contribution in [3.05, 3.63) is 34.9 Å². The van der Waals surface area contributed by atoms with Crippen molar-refractivity contribution in [1.82, 2.24) is 15.5 Å². The number of aldehydes is 1. The van der Waals surface area contributed by atoms with E-state index >= 15 is 0 Å². The molecule has 1 aromatic carbocycles. The zero-order chi connectivity index (χ0) is 27.9. The lowest BCUT2D eigenvalue weighted by Crippen LogP contribution is -2.53. The van der Waals surface area contributed by atoms with E-state index in [-0.39, 0.29) is 37.5 Å². The van der Waals surface area contributed by atoms with Crippen molar-refractivity contribution in [2.75, 3.05) is 13.6 Å². The number of carboxylic acid groups (broad SMARTS) is 1. The molecule has 0 bridgehead atoms. The lowest BCUT2D eigenvalue weighted by molar-refractivity contribution is -0.138. The molecule has 1 atom stereocenters. The fraction of sp³-hybridized carbons (Fsp3) is 0.571. The largest absolute Gasteiger partial charge is 0.481 e. The van der Waals surface area contributed by atoms with E-state index in [4.69, 9.17) is 5.11 Å². The van der Waals surface area contributed by atoms with Gasteiger partial charge in [-0.05, 0) is 37.7 Å². The zero-order valence-electron chi connectivity index (χ0n) is 22.1. The van der Waals surface area contributed by atoms with Crippen LogP contribution in [-0.4, -0.2) is 65.5 Å². The van der Waals surface area contributed by atoms with E-state index in [1.165, 1.54) is 11.9 Å². The number of rotatable bonds is 17. The van der Waals surface area contributed by atoms with Crippen LogP contribution in [-0.2, 0) is 25.6 Å². The number of hydrogen-bond acceptors (Lipinski definition) is 6. The number of carbonyl (C=O) groups is 6. The Bertz CT molecular complexity index is 1010. The summed E-state index contributed by atoms with van der Waals surface area (Å²) in [5.74, 6) is -2.24. The Hall–Kier alpha value is -3.56. The highest BCUT2D eigenvalue weighted by molar-refractivity contribution is 6.06. The van der Waals surface area contributed by atoms with Crippen LogP contribution in [0.4, 0.5) is 0 Å². The number of amides is 4. The van der Waals surface area contributed by atoms with E-state index in [0.717, 1.165) is 50.5 Å². The first-order valence-electron chi connectivity index (χ1n) is 13.4. The molecule has 0 spiro atoms. The minimum atomic E-state index is -0.890. The van der Waals surface area contributed by atoms with Crippen molar-refractivity contribution in [1.29, 1.82) is 0 Å². The number of imide groups is 1. The van der Waals surface area contributed by atoms with E-state index in [1.807, 2.05) is 6.07 Å². The molecule has 1 aliphatic heterocycles. The van der Waals surface area contributed by atoms with E-state index in [2.05, 4.69) is 10.6 Å². The van der Waals surface area contributed by atoms with Gasteiger partial charge in [-0.2, -0.15) is 0 Å². The smallest absolute Gasteiger partial charge is 0.303 e. The molecule has 208 valence electrons. The third-order valence-corrected chi connectivity index (χ3v) is 6.76. The summed E-state index contributed by atoms with van der Waals surface area (Å²) in [6.45, 7) is 0.600. The van der Waals surface area contributed by atoms with Gasteiger partial charge in [0.1, 0.15) is 6.04 Å². The Balaban J connectivity index is 1.72. The molecule has 1 fully saturated rings. The maximum absolute atomic E-state index is 13.3. The summed E-state index contributed by atoms with van der Waals surface area (Å²) in [4.78, 5) is 72.1. The molecule has 0 aromatic heterocycles. The molecule has 1 aliphatic rings. The Kier molecular flexibility index (Phi) is 13.2. The van der Waals surface area contributed by atoms with Crippen LogP contribution in [0.5, 0.6) is 0 Å². The predicted octanol–water partition coefficient (Wildman–Crippen LogP) is 3.02. The van der Waals surface area contributed by atoms with Crippen molar-refractivity contribution in [3.8, 4) is 0 Å². The minimum absolute atomic E-state index is 0.00692. The molecule has 10 heteroatoms. The van der Waals surface area contributed by atoms with Crippen molar-refractivity contribution in [2.24, 2.45) is 0 Å². The number of unbranched alkanes of at least 4 members (excludes halogenated alkanes) is 6. The topological polar surface area (TPSA) is 150 Å². The summed E-state index contributed by atoms with van der Waals surface area (Å²) in [5, 5.41) is 13.7. The lowest BCUT2D eigenvalue weighted by Gasteiger charge is -2.30. The van der Waals surface area contributed by atoms with Crippen LogP contribution in [0.1, 0.15) is 103 Å². The van der Waals surface area contributed by atoms with Crippen LogP contribution in [0.15, 0.2) is 18.2 Å². The molecule has 38 heavy (non-hydrogen) atoms. The highest BCUT2D eigenvalue weighted by Gasteiger charge is 2.33. The maximum Gasteiger partial charge on any atom is 0.303 e. The molecule has 1 heterocycles. The lowest BCUT2D eigenvalue weighted by atomic mass is 9.94. The van der Waals surface area contributed by atoms with Gasteiger partial charge in [-0.25, -0.2) is 0 Å². The fourth-order valence-electron chi connectivity index (χ4n) is 4.60. The van der Waals surface area contributed by atoms with Gasteiger partial charge in [-0.3, -0.25) is 34.1 Å². The number of aliphatic carboxylic acids is 1. The second kappa shape index (κ2) is 16.3. The third-order valence-electron chi connectivity index (χ3n) is 6.76. The van der Waals surface area contributed by atoms with Gasteiger partial charge in [0.2, 0.25) is 17.7 Å². The summed E-state index contributed by atoms with van der Waals surface area (Å²) < 4.78 is 0. The predicted molar refractivity (Wildman–Crippen MR) is 141 cm³/mol. The van der Waals surface area contributed by atoms with E-state index in [0.29, 0.717) is 36.8 Å². The van der Waals surface area contributed by atoms with Gasteiger partial charge in [-0.15, -0.1) is 0 Å². The molecule has 0 aliphatic carbocycles. The number of likely N-dealkylation sites (N-methyl/N-ethyl adjacent to an activating group) is 1. The zero-order valence-corrected chi connectivity index (χ0v) is 22.1. The van der Waals surface area contributed by atoms with E-state index in [1.54, 1.807) is 12.1 Å². The Morgan fingerprint density at radius 2 is 1.71 bits per heavy atom. The third kappa shape index (κ3) is 10.1. The summed E-state index contributed by atoms with van der Waals surface area (Å²) in [7, 11) is 1.53. The van der Waals surface area contributed by atoms with Gasteiger partial charge in [-0.1, -0.05) is 50.3 Å².